The lowest BCUT2D eigenvalue weighted by molar-refractivity contribution is 0.565. The molecule has 6 heteroatoms. The third kappa shape index (κ3) is 3.32. The first-order valence-corrected chi connectivity index (χ1v) is 7.27. The number of hydrogen-bond acceptors (Lipinski definition) is 4. The molecule has 0 aromatic heterocycles. The first-order chi connectivity index (χ1) is 9.51. The minimum atomic E-state index is -3.61. The number of carbonyl (C=O) groups excluding carboxylic acids is 1. The number of nitrogens with zero attached hydrogens (tertiary/aromatic N) is 1. The molecule has 20 heavy (non-hydrogen) atoms. The molecular weight excluding hydrogens is 276 g/mol. The molecule has 2 aromatic rings. The second kappa shape index (κ2) is 5.69. The Morgan fingerprint density at radius 2 is 1.60 bits per heavy atom. The molecule has 0 aliphatic rings. The number of aryl methyl sites for hydroxylation is 1. The lowest BCUT2D eigenvalue weighted by Gasteiger charge is -2.08. The van der Waals surface area contributed by atoms with Crippen molar-refractivity contribution in [2.24, 2.45) is 4.99 Å². The first-order valence-electron chi connectivity index (χ1n) is 5.79. The molecule has 0 spiro atoms. The Bertz CT molecular complexity index is 744. The predicted molar refractivity (Wildman–Crippen MR) is 76.2 cm³/mol. The number of sulfonamides is 1. The summed E-state index contributed by atoms with van der Waals surface area (Å²) >= 11 is 0. The van der Waals surface area contributed by atoms with Gasteiger partial charge in [0.05, 0.1) is 10.6 Å². The van der Waals surface area contributed by atoms with Crippen molar-refractivity contribution >= 4 is 27.5 Å². The van der Waals surface area contributed by atoms with Gasteiger partial charge in [-0.2, -0.15) is 4.99 Å². The van der Waals surface area contributed by atoms with Crippen LogP contribution in [0.1, 0.15) is 5.56 Å². The highest BCUT2D eigenvalue weighted by Crippen LogP contribution is 2.19. The summed E-state index contributed by atoms with van der Waals surface area (Å²) in [5.41, 5.74) is 1.80. The third-order valence-electron chi connectivity index (χ3n) is 2.63. The van der Waals surface area contributed by atoms with E-state index in [1.165, 1.54) is 30.3 Å². The van der Waals surface area contributed by atoms with Crippen LogP contribution in [0.15, 0.2) is 58.4 Å². The highest BCUT2D eigenvalue weighted by molar-refractivity contribution is 7.92. The minimum Gasteiger partial charge on any atom is -0.280 e. The number of hydrogen-bond donors (Lipinski definition) is 1. The number of nitrogens with one attached hydrogen (secondary N) is 1. The summed E-state index contributed by atoms with van der Waals surface area (Å²) in [5, 5.41) is 0. The zero-order valence-corrected chi connectivity index (χ0v) is 11.5. The summed E-state index contributed by atoms with van der Waals surface area (Å²) in [5.74, 6) is 0. The predicted octanol–water partition coefficient (Wildman–Crippen LogP) is 2.76. The van der Waals surface area contributed by atoms with Gasteiger partial charge in [0.1, 0.15) is 0 Å². The third-order valence-corrected chi connectivity index (χ3v) is 4.02. The zero-order valence-electron chi connectivity index (χ0n) is 10.7. The molecular formula is C14H12N2O3S. The van der Waals surface area contributed by atoms with E-state index in [1.807, 2.05) is 6.92 Å². The van der Waals surface area contributed by atoms with E-state index in [-0.39, 0.29) is 4.90 Å². The summed E-state index contributed by atoms with van der Waals surface area (Å²) in [7, 11) is -3.61. The molecule has 0 unspecified atom stereocenters. The highest BCUT2D eigenvalue weighted by Gasteiger charge is 2.13. The van der Waals surface area contributed by atoms with Gasteiger partial charge < -0.3 is 0 Å². The lowest BCUT2D eigenvalue weighted by Crippen LogP contribution is -2.12. The SMILES string of the molecule is Cc1ccc(S(=O)(=O)Nc2ccc(N=C=O)cc2)cc1. The second-order valence-corrected chi connectivity index (χ2v) is 5.85. The fraction of sp³-hybridized carbons (Fsp3) is 0.0714. The smallest absolute Gasteiger partial charge is 0.261 e. The van der Waals surface area contributed by atoms with Gasteiger partial charge >= 0.3 is 0 Å². The van der Waals surface area contributed by atoms with Crippen molar-refractivity contribution in [3.63, 3.8) is 0 Å². The molecule has 2 aromatic carbocycles. The molecule has 0 saturated carbocycles. The monoisotopic (exact) mass is 288 g/mol. The van der Waals surface area contributed by atoms with Crippen molar-refractivity contribution < 1.29 is 13.2 Å². The van der Waals surface area contributed by atoms with Gasteiger partial charge in [-0.05, 0) is 43.3 Å². The Hall–Kier alpha value is -2.43. The molecule has 0 saturated heterocycles. The Balaban J connectivity index is 2.23. The summed E-state index contributed by atoms with van der Waals surface area (Å²) in [6.07, 6.45) is 1.42. The van der Waals surface area contributed by atoms with Gasteiger partial charge in [0.25, 0.3) is 10.0 Å². The molecule has 5 nitrogen and oxygen atoms in total. The maximum absolute atomic E-state index is 12.1. The number of anilines is 1. The Morgan fingerprint density at radius 1 is 1.00 bits per heavy atom. The molecule has 0 radical (unpaired) electrons. The van der Waals surface area contributed by atoms with Crippen LogP contribution < -0.4 is 4.72 Å². The van der Waals surface area contributed by atoms with E-state index in [4.69, 9.17) is 0 Å². The second-order valence-electron chi connectivity index (χ2n) is 4.17. The average molecular weight is 288 g/mol. The fourth-order valence-electron chi connectivity index (χ4n) is 1.59. The van der Waals surface area contributed by atoms with E-state index in [1.54, 1.807) is 24.3 Å². The molecule has 0 aliphatic heterocycles. The molecule has 1 N–H and O–H groups in total. The molecule has 2 rings (SSSR count). The molecule has 0 bridgehead atoms. The van der Waals surface area contributed by atoms with Gasteiger partial charge in [0.15, 0.2) is 0 Å². The lowest BCUT2D eigenvalue weighted by atomic mass is 10.2. The van der Waals surface area contributed by atoms with Crippen molar-refractivity contribution in [3.8, 4) is 0 Å². The maximum atomic E-state index is 12.1. The quantitative estimate of drug-likeness (QED) is 0.694. The normalized spacial score (nSPS) is 10.7. The number of aliphatic imine (C=N–C) groups is 1. The van der Waals surface area contributed by atoms with E-state index in [2.05, 4.69) is 9.71 Å². The highest BCUT2D eigenvalue weighted by atomic mass is 32.2. The molecule has 0 heterocycles. The van der Waals surface area contributed by atoms with Crippen molar-refractivity contribution in [3.05, 3.63) is 54.1 Å². The Kier molecular flexibility index (Phi) is 3.98. The van der Waals surface area contributed by atoms with Crippen molar-refractivity contribution in [2.45, 2.75) is 11.8 Å². The Morgan fingerprint density at radius 3 is 2.15 bits per heavy atom. The van der Waals surface area contributed by atoms with Gasteiger partial charge in [0.2, 0.25) is 6.08 Å². The van der Waals surface area contributed by atoms with Crippen LogP contribution in [-0.2, 0) is 14.8 Å². The van der Waals surface area contributed by atoms with Gasteiger partial charge in [-0.3, -0.25) is 4.72 Å². The fourth-order valence-corrected chi connectivity index (χ4v) is 2.65. The van der Waals surface area contributed by atoms with Crippen LogP contribution in [0, 0.1) is 6.92 Å². The van der Waals surface area contributed by atoms with Crippen molar-refractivity contribution in [2.75, 3.05) is 4.72 Å². The minimum absolute atomic E-state index is 0.193. The summed E-state index contributed by atoms with van der Waals surface area (Å²) in [6, 6.07) is 12.7. The van der Waals surface area contributed by atoms with Crippen LogP contribution in [0.5, 0.6) is 0 Å². The molecule has 0 aliphatic carbocycles. The van der Waals surface area contributed by atoms with E-state index in [0.29, 0.717) is 11.4 Å². The van der Waals surface area contributed by atoms with Gasteiger partial charge in [-0.1, -0.05) is 17.7 Å². The number of isocyanates is 1. The molecule has 0 fully saturated rings. The van der Waals surface area contributed by atoms with Crippen LogP contribution in [0.3, 0.4) is 0 Å². The maximum Gasteiger partial charge on any atom is 0.261 e. The molecule has 0 amide bonds. The topological polar surface area (TPSA) is 75.6 Å². The molecule has 0 atom stereocenters. The standard InChI is InChI=1S/C14H12N2O3S/c1-11-2-8-14(9-3-11)20(18,19)16-13-6-4-12(5-7-13)15-10-17/h2-9,16H,1H3. The summed E-state index contributed by atoms with van der Waals surface area (Å²) < 4.78 is 26.7. The van der Waals surface area contributed by atoms with Gasteiger partial charge in [-0.15, -0.1) is 0 Å². The number of rotatable bonds is 4. The van der Waals surface area contributed by atoms with Crippen LogP contribution in [0.2, 0.25) is 0 Å². The summed E-state index contributed by atoms with van der Waals surface area (Å²) in [6.45, 7) is 1.89. The van der Waals surface area contributed by atoms with E-state index >= 15 is 0 Å². The van der Waals surface area contributed by atoms with Crippen molar-refractivity contribution in [1.82, 2.24) is 0 Å². The van der Waals surface area contributed by atoms with E-state index < -0.39 is 10.0 Å². The largest absolute Gasteiger partial charge is 0.280 e. The van der Waals surface area contributed by atoms with Crippen molar-refractivity contribution in [1.29, 1.82) is 0 Å². The van der Waals surface area contributed by atoms with Crippen LogP contribution in [0.25, 0.3) is 0 Å². The first kappa shape index (κ1) is 14.0. The molecule has 102 valence electrons. The van der Waals surface area contributed by atoms with Crippen LogP contribution in [-0.4, -0.2) is 14.5 Å². The van der Waals surface area contributed by atoms with E-state index in [0.717, 1.165) is 5.56 Å². The van der Waals surface area contributed by atoms with Crippen LogP contribution in [0.4, 0.5) is 11.4 Å². The van der Waals surface area contributed by atoms with Crippen LogP contribution >= 0.6 is 0 Å². The van der Waals surface area contributed by atoms with Gasteiger partial charge in [-0.25, -0.2) is 13.2 Å². The Labute approximate surface area is 117 Å². The zero-order chi connectivity index (χ0) is 14.6. The van der Waals surface area contributed by atoms with E-state index in [9.17, 15) is 13.2 Å². The summed E-state index contributed by atoms with van der Waals surface area (Å²) in [4.78, 5) is 13.7. The average Bonchev–Trinajstić information content (AvgIpc) is 2.41. The van der Waals surface area contributed by atoms with Gasteiger partial charge in [0, 0.05) is 5.69 Å². The number of benzene rings is 2.